The van der Waals surface area contributed by atoms with E-state index < -0.39 is 0 Å². The van der Waals surface area contributed by atoms with Crippen LogP contribution in [0.2, 0.25) is 10.0 Å². The molecule has 1 N–H and O–H groups in total. The zero-order chi connectivity index (χ0) is 12.3. The van der Waals surface area contributed by atoms with Gasteiger partial charge in [-0.15, -0.1) is 6.58 Å². The summed E-state index contributed by atoms with van der Waals surface area (Å²) in [4.78, 5) is 2.34. The summed E-state index contributed by atoms with van der Waals surface area (Å²) in [6, 6.07) is 5.72. The van der Waals surface area contributed by atoms with E-state index in [1.54, 1.807) is 0 Å². The second-order valence-electron chi connectivity index (χ2n) is 4.10. The van der Waals surface area contributed by atoms with Crippen LogP contribution in [-0.2, 0) is 0 Å². The fraction of sp³-hybridized carbons (Fsp3) is 0.385. The molecule has 0 amide bonds. The minimum absolute atomic E-state index is 0.0956. The van der Waals surface area contributed by atoms with Crippen LogP contribution in [0.1, 0.15) is 11.6 Å². The maximum atomic E-state index is 6.25. The molecule has 1 atom stereocenters. The van der Waals surface area contributed by atoms with Crippen molar-refractivity contribution in [2.45, 2.75) is 6.04 Å². The molecule has 4 heteroatoms. The molecule has 0 radical (unpaired) electrons. The Morgan fingerprint density at radius 1 is 1.24 bits per heavy atom. The van der Waals surface area contributed by atoms with Gasteiger partial charge in [-0.05, 0) is 12.1 Å². The first-order chi connectivity index (χ1) is 8.24. The molecule has 2 nitrogen and oxygen atoms in total. The second kappa shape index (κ2) is 5.87. The Bertz CT molecular complexity index is 380. The molecule has 1 aromatic carbocycles. The number of piperazine rings is 1. The van der Waals surface area contributed by atoms with Gasteiger partial charge >= 0.3 is 0 Å². The van der Waals surface area contributed by atoms with Crippen molar-refractivity contribution in [2.24, 2.45) is 0 Å². The molecule has 1 aliphatic heterocycles. The SMILES string of the molecule is C=C[C@@H](c1c(Cl)cccc1Cl)N1CCNCC1. The van der Waals surface area contributed by atoms with Crippen LogP contribution in [0, 0.1) is 0 Å². The van der Waals surface area contributed by atoms with Crippen molar-refractivity contribution >= 4 is 23.2 Å². The third-order valence-electron chi connectivity index (χ3n) is 3.06. The summed E-state index contributed by atoms with van der Waals surface area (Å²) in [5.41, 5.74) is 0.965. The Morgan fingerprint density at radius 3 is 2.35 bits per heavy atom. The van der Waals surface area contributed by atoms with E-state index in [0.717, 1.165) is 31.7 Å². The number of nitrogens with one attached hydrogen (secondary N) is 1. The maximum Gasteiger partial charge on any atom is 0.0559 e. The number of benzene rings is 1. The number of hydrogen-bond donors (Lipinski definition) is 1. The van der Waals surface area contributed by atoms with Gasteiger partial charge in [0.2, 0.25) is 0 Å². The van der Waals surface area contributed by atoms with Crippen molar-refractivity contribution in [3.63, 3.8) is 0 Å². The summed E-state index contributed by atoms with van der Waals surface area (Å²) in [7, 11) is 0. The standard InChI is InChI=1S/C13H16Cl2N2/c1-2-12(17-8-6-16-7-9-17)13-10(14)4-3-5-11(13)15/h2-5,12,16H,1,6-9H2/t12-/m0/s1. The predicted octanol–water partition coefficient (Wildman–Crippen LogP) is 3.13. The van der Waals surface area contributed by atoms with E-state index in [0.29, 0.717) is 10.0 Å². The Balaban J connectivity index is 2.31. The van der Waals surface area contributed by atoms with Crippen molar-refractivity contribution in [3.05, 3.63) is 46.5 Å². The Hall–Kier alpha value is -0.540. The van der Waals surface area contributed by atoms with Crippen LogP contribution in [0.3, 0.4) is 0 Å². The van der Waals surface area contributed by atoms with Crippen LogP contribution in [0.5, 0.6) is 0 Å². The van der Waals surface area contributed by atoms with Gasteiger partial charge in [0, 0.05) is 41.8 Å². The molecule has 0 saturated carbocycles. The average Bonchev–Trinajstić information content (AvgIpc) is 2.35. The third-order valence-corrected chi connectivity index (χ3v) is 3.72. The van der Waals surface area contributed by atoms with E-state index in [1.165, 1.54) is 0 Å². The molecule has 1 aliphatic rings. The molecule has 0 bridgehead atoms. The minimum Gasteiger partial charge on any atom is -0.314 e. The van der Waals surface area contributed by atoms with E-state index in [1.807, 2.05) is 24.3 Å². The Morgan fingerprint density at radius 2 is 1.82 bits per heavy atom. The number of nitrogens with zero attached hydrogens (tertiary/aromatic N) is 1. The van der Waals surface area contributed by atoms with Crippen molar-refractivity contribution < 1.29 is 0 Å². The molecule has 1 aromatic rings. The van der Waals surface area contributed by atoms with Crippen molar-refractivity contribution in [1.82, 2.24) is 10.2 Å². The van der Waals surface area contributed by atoms with Crippen molar-refractivity contribution in [3.8, 4) is 0 Å². The van der Waals surface area contributed by atoms with Crippen LogP contribution in [-0.4, -0.2) is 31.1 Å². The number of rotatable bonds is 3. The zero-order valence-corrected chi connectivity index (χ0v) is 11.1. The Kier molecular flexibility index (Phi) is 4.46. The number of hydrogen-bond acceptors (Lipinski definition) is 2. The molecule has 0 spiro atoms. The lowest BCUT2D eigenvalue weighted by atomic mass is 10.0. The molecular weight excluding hydrogens is 255 g/mol. The first-order valence-electron chi connectivity index (χ1n) is 5.75. The number of halogens is 2. The van der Waals surface area contributed by atoms with Gasteiger partial charge in [0.1, 0.15) is 0 Å². The van der Waals surface area contributed by atoms with E-state index in [2.05, 4.69) is 16.8 Å². The second-order valence-corrected chi connectivity index (χ2v) is 4.92. The molecule has 2 rings (SSSR count). The van der Waals surface area contributed by atoms with E-state index in [9.17, 15) is 0 Å². The summed E-state index contributed by atoms with van der Waals surface area (Å²) < 4.78 is 0. The van der Waals surface area contributed by atoms with Crippen LogP contribution in [0.25, 0.3) is 0 Å². The molecule has 1 fully saturated rings. The van der Waals surface area contributed by atoms with E-state index >= 15 is 0 Å². The first kappa shape index (κ1) is 12.9. The summed E-state index contributed by atoms with van der Waals surface area (Å²) in [5, 5.41) is 4.75. The normalized spacial score (nSPS) is 18.9. The van der Waals surface area contributed by atoms with Gasteiger partial charge in [0.15, 0.2) is 0 Å². The molecule has 92 valence electrons. The average molecular weight is 271 g/mol. The summed E-state index contributed by atoms with van der Waals surface area (Å²) in [6.07, 6.45) is 1.92. The maximum absolute atomic E-state index is 6.25. The Labute approximate surface area is 112 Å². The molecule has 0 aliphatic carbocycles. The van der Waals surface area contributed by atoms with Gasteiger partial charge < -0.3 is 5.32 Å². The van der Waals surface area contributed by atoms with Gasteiger partial charge in [-0.3, -0.25) is 4.90 Å². The van der Waals surface area contributed by atoms with Crippen LogP contribution in [0.15, 0.2) is 30.9 Å². The predicted molar refractivity (Wildman–Crippen MR) is 73.8 cm³/mol. The summed E-state index contributed by atoms with van der Waals surface area (Å²) >= 11 is 12.5. The van der Waals surface area contributed by atoms with Gasteiger partial charge in [-0.1, -0.05) is 35.3 Å². The third kappa shape index (κ3) is 2.83. The lowest BCUT2D eigenvalue weighted by Gasteiger charge is -2.34. The highest BCUT2D eigenvalue weighted by Crippen LogP contribution is 2.34. The van der Waals surface area contributed by atoms with E-state index in [4.69, 9.17) is 23.2 Å². The van der Waals surface area contributed by atoms with Gasteiger partial charge in [0.25, 0.3) is 0 Å². The molecule has 1 saturated heterocycles. The highest BCUT2D eigenvalue weighted by atomic mass is 35.5. The molecule has 1 heterocycles. The van der Waals surface area contributed by atoms with Gasteiger partial charge in [-0.25, -0.2) is 0 Å². The highest BCUT2D eigenvalue weighted by Gasteiger charge is 2.23. The van der Waals surface area contributed by atoms with Crippen LogP contribution in [0.4, 0.5) is 0 Å². The molecule has 17 heavy (non-hydrogen) atoms. The summed E-state index contributed by atoms with van der Waals surface area (Å²) in [5.74, 6) is 0. The lowest BCUT2D eigenvalue weighted by Crippen LogP contribution is -2.44. The monoisotopic (exact) mass is 270 g/mol. The lowest BCUT2D eigenvalue weighted by molar-refractivity contribution is 0.203. The fourth-order valence-electron chi connectivity index (χ4n) is 2.20. The summed E-state index contributed by atoms with van der Waals surface area (Å²) in [6.45, 7) is 7.87. The molecule has 0 aromatic heterocycles. The van der Waals surface area contributed by atoms with E-state index in [-0.39, 0.29) is 6.04 Å². The van der Waals surface area contributed by atoms with Gasteiger partial charge in [-0.2, -0.15) is 0 Å². The van der Waals surface area contributed by atoms with Crippen molar-refractivity contribution in [1.29, 1.82) is 0 Å². The quantitative estimate of drug-likeness (QED) is 0.850. The van der Waals surface area contributed by atoms with Crippen LogP contribution < -0.4 is 5.32 Å². The minimum atomic E-state index is 0.0956. The first-order valence-corrected chi connectivity index (χ1v) is 6.51. The fourth-order valence-corrected chi connectivity index (χ4v) is 2.82. The largest absolute Gasteiger partial charge is 0.314 e. The highest BCUT2D eigenvalue weighted by molar-refractivity contribution is 6.36. The molecule has 0 unspecified atom stereocenters. The zero-order valence-electron chi connectivity index (χ0n) is 9.63. The smallest absolute Gasteiger partial charge is 0.0559 e. The van der Waals surface area contributed by atoms with Crippen molar-refractivity contribution in [2.75, 3.05) is 26.2 Å². The van der Waals surface area contributed by atoms with Gasteiger partial charge in [0.05, 0.1) is 6.04 Å². The van der Waals surface area contributed by atoms with Crippen LogP contribution >= 0.6 is 23.2 Å². The molecular formula is C13H16Cl2N2. The topological polar surface area (TPSA) is 15.3 Å².